The van der Waals surface area contributed by atoms with Crippen molar-refractivity contribution in [1.82, 2.24) is 9.88 Å². The van der Waals surface area contributed by atoms with Crippen molar-refractivity contribution in [3.63, 3.8) is 0 Å². The van der Waals surface area contributed by atoms with Gasteiger partial charge in [0.25, 0.3) is 5.91 Å². The van der Waals surface area contributed by atoms with Crippen LogP contribution >= 0.6 is 11.3 Å². The molecule has 1 saturated heterocycles. The van der Waals surface area contributed by atoms with Crippen molar-refractivity contribution in [3.05, 3.63) is 16.6 Å². The van der Waals surface area contributed by atoms with Gasteiger partial charge in [-0.3, -0.25) is 4.79 Å². The maximum atomic E-state index is 11.4. The van der Waals surface area contributed by atoms with Crippen molar-refractivity contribution in [2.24, 2.45) is 5.73 Å². The number of carbonyl (C=O) groups is 1. The molecule has 12 heavy (non-hydrogen) atoms. The van der Waals surface area contributed by atoms with Crippen LogP contribution < -0.4 is 5.73 Å². The molecule has 1 aromatic rings. The molecule has 1 amide bonds. The summed E-state index contributed by atoms with van der Waals surface area (Å²) >= 11 is 1.43. The number of hydrogen-bond acceptors (Lipinski definition) is 4. The predicted molar refractivity (Wildman–Crippen MR) is 46.0 cm³/mol. The van der Waals surface area contributed by atoms with Gasteiger partial charge in [-0.05, 0) is 0 Å². The molecule has 1 fully saturated rings. The van der Waals surface area contributed by atoms with Gasteiger partial charge < -0.3 is 10.6 Å². The monoisotopic (exact) mass is 183 g/mol. The summed E-state index contributed by atoms with van der Waals surface area (Å²) in [6.07, 6.45) is 0. The Kier molecular flexibility index (Phi) is 1.82. The van der Waals surface area contributed by atoms with E-state index < -0.39 is 0 Å². The second-order valence-electron chi connectivity index (χ2n) is 2.84. The van der Waals surface area contributed by atoms with Crippen LogP contribution in [0.25, 0.3) is 0 Å². The summed E-state index contributed by atoms with van der Waals surface area (Å²) in [6, 6.07) is 0.160. The first kappa shape index (κ1) is 7.70. The van der Waals surface area contributed by atoms with E-state index in [1.807, 2.05) is 0 Å². The minimum absolute atomic E-state index is 0.00190. The molecule has 0 bridgehead atoms. The lowest BCUT2D eigenvalue weighted by Crippen LogP contribution is -2.57. The first-order valence-corrected chi connectivity index (χ1v) is 4.64. The zero-order valence-corrected chi connectivity index (χ0v) is 7.25. The molecule has 0 radical (unpaired) electrons. The third-order valence-electron chi connectivity index (χ3n) is 1.85. The van der Waals surface area contributed by atoms with Crippen molar-refractivity contribution < 1.29 is 4.79 Å². The first-order chi connectivity index (χ1) is 5.77. The second kappa shape index (κ2) is 2.84. The minimum Gasteiger partial charge on any atom is -0.334 e. The maximum absolute atomic E-state index is 11.4. The highest BCUT2D eigenvalue weighted by molar-refractivity contribution is 7.07. The van der Waals surface area contributed by atoms with Crippen LogP contribution in [0.15, 0.2) is 10.9 Å². The van der Waals surface area contributed by atoms with E-state index >= 15 is 0 Å². The molecule has 0 atom stereocenters. The van der Waals surface area contributed by atoms with E-state index in [-0.39, 0.29) is 11.9 Å². The molecule has 2 rings (SSSR count). The van der Waals surface area contributed by atoms with Crippen molar-refractivity contribution in [3.8, 4) is 0 Å². The van der Waals surface area contributed by atoms with Crippen LogP contribution in [-0.2, 0) is 0 Å². The Balaban J connectivity index is 2.03. The molecule has 1 aliphatic rings. The quantitative estimate of drug-likeness (QED) is 0.662. The molecular formula is C7H9N3OS. The van der Waals surface area contributed by atoms with Crippen LogP contribution in [0.5, 0.6) is 0 Å². The van der Waals surface area contributed by atoms with E-state index in [9.17, 15) is 4.79 Å². The Morgan fingerprint density at radius 1 is 1.75 bits per heavy atom. The van der Waals surface area contributed by atoms with Crippen LogP contribution in [0.1, 0.15) is 10.5 Å². The molecule has 2 heterocycles. The second-order valence-corrected chi connectivity index (χ2v) is 3.56. The number of likely N-dealkylation sites (tertiary alicyclic amines) is 1. The zero-order chi connectivity index (χ0) is 8.55. The van der Waals surface area contributed by atoms with Gasteiger partial charge in [0.15, 0.2) is 0 Å². The summed E-state index contributed by atoms with van der Waals surface area (Å²) in [7, 11) is 0. The fraction of sp³-hybridized carbons (Fsp3) is 0.429. The average molecular weight is 183 g/mol. The number of thiazole rings is 1. The summed E-state index contributed by atoms with van der Waals surface area (Å²) in [6.45, 7) is 1.33. The molecule has 0 unspecified atom stereocenters. The highest BCUT2D eigenvalue weighted by atomic mass is 32.1. The molecule has 64 valence electrons. The van der Waals surface area contributed by atoms with Gasteiger partial charge in [0, 0.05) is 24.5 Å². The van der Waals surface area contributed by atoms with Crippen LogP contribution in [0.2, 0.25) is 0 Å². The lowest BCUT2D eigenvalue weighted by atomic mass is 10.1. The third kappa shape index (κ3) is 1.21. The van der Waals surface area contributed by atoms with Gasteiger partial charge in [0.1, 0.15) is 5.69 Å². The molecule has 0 aliphatic carbocycles. The number of carbonyl (C=O) groups excluding carboxylic acids is 1. The van der Waals surface area contributed by atoms with Gasteiger partial charge in [-0.25, -0.2) is 4.98 Å². The van der Waals surface area contributed by atoms with Gasteiger partial charge in [-0.1, -0.05) is 0 Å². The standard InChI is InChI=1S/C7H9N3OS/c8-5-1-10(2-5)7(11)6-3-12-4-9-6/h3-5H,1-2,8H2. The number of nitrogens with two attached hydrogens (primary N) is 1. The Bertz CT molecular complexity index is 279. The van der Waals surface area contributed by atoms with E-state index in [0.717, 1.165) is 0 Å². The minimum atomic E-state index is -0.00190. The number of aromatic nitrogens is 1. The topological polar surface area (TPSA) is 59.2 Å². The van der Waals surface area contributed by atoms with Gasteiger partial charge in [0.05, 0.1) is 5.51 Å². The molecule has 1 aliphatic heterocycles. The van der Waals surface area contributed by atoms with Gasteiger partial charge in [0.2, 0.25) is 0 Å². The van der Waals surface area contributed by atoms with E-state index in [0.29, 0.717) is 18.8 Å². The smallest absolute Gasteiger partial charge is 0.273 e. The van der Waals surface area contributed by atoms with E-state index in [1.54, 1.807) is 15.8 Å². The van der Waals surface area contributed by atoms with Gasteiger partial charge in [-0.15, -0.1) is 11.3 Å². The van der Waals surface area contributed by atoms with Crippen LogP contribution in [0.4, 0.5) is 0 Å². The number of amides is 1. The molecule has 5 heteroatoms. The summed E-state index contributed by atoms with van der Waals surface area (Å²) in [5.74, 6) is -0.00190. The molecule has 4 nitrogen and oxygen atoms in total. The number of hydrogen-bond donors (Lipinski definition) is 1. The van der Waals surface area contributed by atoms with E-state index in [2.05, 4.69) is 4.98 Å². The zero-order valence-electron chi connectivity index (χ0n) is 6.43. The molecule has 0 aromatic carbocycles. The predicted octanol–water partition coefficient (Wildman–Crippen LogP) is -0.0738. The number of rotatable bonds is 1. The molecule has 2 N–H and O–H groups in total. The third-order valence-corrected chi connectivity index (χ3v) is 2.43. The van der Waals surface area contributed by atoms with Crippen molar-refractivity contribution in [2.75, 3.05) is 13.1 Å². The highest BCUT2D eigenvalue weighted by Crippen LogP contribution is 2.11. The highest BCUT2D eigenvalue weighted by Gasteiger charge is 2.28. The maximum Gasteiger partial charge on any atom is 0.273 e. The van der Waals surface area contributed by atoms with Crippen LogP contribution in [0.3, 0.4) is 0 Å². The Morgan fingerprint density at radius 2 is 2.50 bits per heavy atom. The van der Waals surface area contributed by atoms with Crippen LogP contribution in [0, 0.1) is 0 Å². The van der Waals surface area contributed by atoms with Crippen molar-refractivity contribution >= 4 is 17.2 Å². The number of nitrogens with zero attached hydrogens (tertiary/aromatic N) is 2. The Morgan fingerprint density at radius 3 is 3.00 bits per heavy atom. The lowest BCUT2D eigenvalue weighted by Gasteiger charge is -2.36. The Labute approximate surface area is 74.0 Å². The summed E-state index contributed by atoms with van der Waals surface area (Å²) in [4.78, 5) is 17.1. The van der Waals surface area contributed by atoms with Gasteiger partial charge >= 0.3 is 0 Å². The molecular weight excluding hydrogens is 174 g/mol. The molecule has 0 spiro atoms. The SMILES string of the molecule is NC1CN(C(=O)c2cscn2)C1. The first-order valence-electron chi connectivity index (χ1n) is 3.70. The lowest BCUT2D eigenvalue weighted by molar-refractivity contribution is 0.0603. The van der Waals surface area contributed by atoms with Crippen molar-refractivity contribution in [1.29, 1.82) is 0 Å². The fourth-order valence-corrected chi connectivity index (χ4v) is 1.68. The van der Waals surface area contributed by atoms with Crippen molar-refractivity contribution in [2.45, 2.75) is 6.04 Å². The summed E-state index contributed by atoms with van der Waals surface area (Å²) in [5, 5.41) is 1.76. The molecule has 1 aromatic heterocycles. The van der Waals surface area contributed by atoms with Crippen LogP contribution in [-0.4, -0.2) is 34.9 Å². The normalized spacial score (nSPS) is 17.6. The van der Waals surface area contributed by atoms with Gasteiger partial charge in [-0.2, -0.15) is 0 Å². The summed E-state index contributed by atoms with van der Waals surface area (Å²) in [5.41, 5.74) is 7.74. The van der Waals surface area contributed by atoms with E-state index in [1.165, 1.54) is 11.3 Å². The average Bonchev–Trinajstić information content (AvgIpc) is 2.49. The Hall–Kier alpha value is -0.940. The fourth-order valence-electron chi connectivity index (χ4n) is 1.16. The summed E-state index contributed by atoms with van der Waals surface area (Å²) < 4.78 is 0. The van der Waals surface area contributed by atoms with E-state index in [4.69, 9.17) is 5.73 Å². The molecule has 0 saturated carbocycles. The largest absolute Gasteiger partial charge is 0.334 e.